The molecule has 0 saturated carbocycles. The van der Waals surface area contributed by atoms with Crippen LogP contribution in [0.25, 0.3) is 54.5 Å². The normalized spacial score (nSPS) is 17.9. The van der Waals surface area contributed by atoms with Crippen LogP contribution in [0, 0.1) is 24.4 Å². The summed E-state index contributed by atoms with van der Waals surface area (Å²) >= 11 is 21.8. The monoisotopic (exact) mass is 1520 g/mol. The van der Waals surface area contributed by atoms with E-state index in [-0.39, 0.29) is 35.6 Å². The second-order valence-electron chi connectivity index (χ2n) is 27.9. The summed E-state index contributed by atoms with van der Waals surface area (Å²) in [4.78, 5) is 17.6. The van der Waals surface area contributed by atoms with Crippen molar-refractivity contribution in [3.8, 4) is 0 Å². The molecule has 10 nitrogen and oxygen atoms in total. The molecule has 105 heavy (non-hydrogen) atoms. The van der Waals surface area contributed by atoms with Gasteiger partial charge < -0.3 is 51.5 Å². The lowest BCUT2D eigenvalue weighted by atomic mass is 9.94. The molecule has 10 N–H and O–H groups in total. The van der Waals surface area contributed by atoms with E-state index in [1.165, 1.54) is 107 Å². The third-order valence-corrected chi connectivity index (χ3v) is 22.3. The molecule has 10 aromatic carbocycles. The summed E-state index contributed by atoms with van der Waals surface area (Å²) in [6.45, 7) is 6.82. The van der Waals surface area contributed by atoms with Gasteiger partial charge in [0.1, 0.15) is 17.5 Å². The highest BCUT2D eigenvalue weighted by Crippen LogP contribution is 2.40. The number of hydrogen-bond donors (Lipinski definition) is 10. The van der Waals surface area contributed by atoms with Gasteiger partial charge in [-0.3, -0.25) is 0 Å². The minimum atomic E-state index is -0.192. The van der Waals surface area contributed by atoms with E-state index in [1.54, 1.807) is 24.3 Å². The first-order valence-corrected chi connectivity index (χ1v) is 38.0. The molecule has 5 aliphatic heterocycles. The first-order valence-electron chi connectivity index (χ1n) is 36.1. The first-order chi connectivity index (χ1) is 51.3. The van der Waals surface area contributed by atoms with Crippen molar-refractivity contribution in [2.45, 2.75) is 82.1 Å². The van der Waals surface area contributed by atoms with E-state index in [0.717, 1.165) is 152 Å². The van der Waals surface area contributed by atoms with E-state index >= 15 is 0 Å². The summed E-state index contributed by atoms with van der Waals surface area (Å²) in [6.07, 6.45) is 6.92. The van der Waals surface area contributed by atoms with Crippen LogP contribution in [0.5, 0.6) is 0 Å². The molecule has 0 radical (unpaired) electrons. The maximum absolute atomic E-state index is 13.5. The Bertz CT molecular complexity index is 5320. The molecule has 0 bridgehead atoms. The molecule has 0 spiro atoms. The van der Waals surface area contributed by atoms with Gasteiger partial charge in [-0.15, -0.1) is 0 Å². The number of halogens is 7. The van der Waals surface area contributed by atoms with Crippen molar-refractivity contribution in [1.29, 1.82) is 0 Å². The number of aromatic nitrogens is 5. The molecule has 5 aliphatic rings. The Morgan fingerprint density at radius 3 is 1.12 bits per heavy atom. The molecule has 15 aromatic rings. The minimum Gasteiger partial charge on any atom is -0.357 e. The number of aryl methyl sites for hydroxylation is 1. The lowest BCUT2D eigenvalue weighted by molar-refractivity contribution is 0.495. The van der Waals surface area contributed by atoms with Crippen LogP contribution in [0.15, 0.2) is 229 Å². The Balaban J connectivity index is 0.000000101. The summed E-state index contributed by atoms with van der Waals surface area (Å²) in [5, 5.41) is 25.8. The van der Waals surface area contributed by atoms with Crippen molar-refractivity contribution in [3.63, 3.8) is 0 Å². The van der Waals surface area contributed by atoms with Gasteiger partial charge in [0.05, 0.1) is 30.2 Å². The van der Waals surface area contributed by atoms with Gasteiger partial charge in [0.25, 0.3) is 0 Å². The smallest absolute Gasteiger partial charge is 0.123 e. The maximum atomic E-state index is 13.5. The van der Waals surface area contributed by atoms with Crippen LogP contribution in [0.4, 0.5) is 13.2 Å². The van der Waals surface area contributed by atoms with Crippen LogP contribution in [0.1, 0.15) is 120 Å². The summed E-state index contributed by atoms with van der Waals surface area (Å²) in [7, 11) is 0. The van der Waals surface area contributed by atoms with Gasteiger partial charge in [0, 0.05) is 122 Å². The van der Waals surface area contributed by atoms with Crippen LogP contribution in [-0.2, 0) is 44.9 Å². The molecular weight excluding hydrogens is 1440 g/mol. The van der Waals surface area contributed by atoms with E-state index in [1.807, 2.05) is 60.7 Å². The number of nitrogens with one attached hydrogen (secondary N) is 10. The third kappa shape index (κ3) is 15.2. The summed E-state index contributed by atoms with van der Waals surface area (Å²) in [6, 6.07) is 74.1. The van der Waals surface area contributed by atoms with E-state index in [4.69, 9.17) is 34.8 Å². The van der Waals surface area contributed by atoms with Gasteiger partial charge >= 0.3 is 0 Å². The van der Waals surface area contributed by atoms with Gasteiger partial charge in [-0.1, -0.05) is 165 Å². The molecule has 0 fully saturated rings. The Morgan fingerprint density at radius 2 is 0.676 bits per heavy atom. The maximum Gasteiger partial charge on any atom is 0.123 e. The second-order valence-corrected chi connectivity index (χ2v) is 30.1. The lowest BCUT2D eigenvalue weighted by Gasteiger charge is -2.25. The fourth-order valence-electron chi connectivity index (χ4n) is 16.2. The van der Waals surface area contributed by atoms with Crippen molar-refractivity contribution >= 4 is 105 Å². The van der Waals surface area contributed by atoms with Crippen molar-refractivity contribution < 1.29 is 13.2 Å². The lowest BCUT2D eigenvalue weighted by Crippen LogP contribution is -2.31. The minimum absolute atomic E-state index is 0.0721. The SMILES string of the molecule is Brc1ccc2[nH]c3c(c2c1)CCNC3Cc1ccccc1.Cc1ccc(C2NCCc3c2[nH]c2ccc(F)cc32)cc1.Clc1ccc2[nH]c3c(c2c1)CCNC3Cc1ccccc1.Fc1ccc2[nH]c3c(c2c1)CCNC3c1ccc(Cl)cc1.Fc1ccc2[nH]c3c(c2c1)CCNC3c1cccc(Cl)c1. The molecule has 20 rings (SSSR count). The Hall–Kier alpha value is -9.16. The van der Waals surface area contributed by atoms with Crippen LogP contribution < -0.4 is 26.6 Å². The van der Waals surface area contributed by atoms with Crippen LogP contribution in [-0.4, -0.2) is 57.6 Å². The van der Waals surface area contributed by atoms with E-state index in [0.29, 0.717) is 12.1 Å². The zero-order valence-electron chi connectivity index (χ0n) is 57.9. The van der Waals surface area contributed by atoms with E-state index in [9.17, 15) is 13.2 Å². The molecule has 0 saturated heterocycles. The first kappa shape index (κ1) is 70.2. The number of H-pyrrole nitrogens is 5. The molecule has 17 heteroatoms. The largest absolute Gasteiger partial charge is 0.357 e. The van der Waals surface area contributed by atoms with E-state index < -0.39 is 0 Å². The van der Waals surface area contributed by atoms with Crippen molar-refractivity contribution in [3.05, 3.63) is 351 Å². The molecule has 0 amide bonds. The van der Waals surface area contributed by atoms with Crippen molar-refractivity contribution in [2.75, 3.05) is 32.7 Å². The Labute approximate surface area is 631 Å². The van der Waals surface area contributed by atoms with Crippen molar-refractivity contribution in [1.82, 2.24) is 51.5 Å². The van der Waals surface area contributed by atoms with Gasteiger partial charge in [0.15, 0.2) is 0 Å². The number of benzene rings is 10. The van der Waals surface area contributed by atoms with Gasteiger partial charge in [-0.2, -0.15) is 0 Å². The summed E-state index contributed by atoms with van der Waals surface area (Å²) < 4.78 is 41.7. The molecule has 5 unspecified atom stereocenters. The Morgan fingerprint density at radius 1 is 0.324 bits per heavy atom. The standard InChI is InChI=1S/C18H17BrN2.C18H17ClN2.C18H17FN2.2C17H14ClFN2/c2*19-13-6-7-16-15(11-13)14-8-9-20-17(18(14)21-16)10-12-4-2-1-3-5-12;1-11-2-4-12(5-3-11)17-18-14(8-9-20-17)15-10-13(19)6-7-16(15)21-18;18-11-3-1-10(2-4-11)16-17-13(7-8-20-16)14-9-12(19)5-6-15(14)21-17;18-11-3-1-2-10(8-11)16-17-13(6-7-20-16)14-9-12(19)4-5-15(14)21-17/h2*1-7,11,17,20-21H,8-10H2;2-7,10,17,20-21H,8-9H2,1H3;1-6,9,16,20-21H,7-8H2;1-5,8-9,16,20-21H,6-7H2. The fraction of sp³-hybridized carbons (Fsp3) is 0.205. The zero-order valence-corrected chi connectivity index (χ0v) is 61.7. The average molecular weight is 1520 g/mol. The summed E-state index contributed by atoms with van der Waals surface area (Å²) in [5.41, 5.74) is 25.6. The quantitative estimate of drug-likeness (QED) is 0.0775. The highest BCUT2D eigenvalue weighted by atomic mass is 79.9. The predicted molar refractivity (Wildman–Crippen MR) is 428 cm³/mol. The number of hydrogen-bond acceptors (Lipinski definition) is 5. The van der Waals surface area contributed by atoms with Crippen LogP contribution in [0.3, 0.4) is 0 Å². The molecule has 5 atom stereocenters. The predicted octanol–water partition coefficient (Wildman–Crippen LogP) is 20.9. The van der Waals surface area contributed by atoms with Gasteiger partial charge in [0.2, 0.25) is 0 Å². The van der Waals surface area contributed by atoms with Crippen molar-refractivity contribution in [2.24, 2.45) is 0 Å². The molecule has 530 valence electrons. The third-order valence-electron chi connectivity index (χ3n) is 21.1. The molecule has 0 aliphatic carbocycles. The molecule has 10 heterocycles. The Kier molecular flexibility index (Phi) is 20.8. The molecular formula is C88H79BrCl3F3N10. The second kappa shape index (κ2) is 31.1. The fourth-order valence-corrected chi connectivity index (χ4v) is 17.0. The van der Waals surface area contributed by atoms with Gasteiger partial charge in [-0.05, 0) is 236 Å². The molecule has 5 aromatic heterocycles. The average Bonchev–Trinajstić information content (AvgIpc) is 1.67. The number of rotatable bonds is 7. The highest BCUT2D eigenvalue weighted by Gasteiger charge is 2.30. The van der Waals surface area contributed by atoms with Crippen LogP contribution >= 0.6 is 50.7 Å². The number of aromatic amines is 5. The van der Waals surface area contributed by atoms with Crippen LogP contribution in [0.2, 0.25) is 15.1 Å². The van der Waals surface area contributed by atoms with Gasteiger partial charge in [-0.25, -0.2) is 13.2 Å². The number of fused-ring (bicyclic) bond motifs is 15. The van der Waals surface area contributed by atoms with E-state index in [2.05, 4.69) is 196 Å². The topological polar surface area (TPSA) is 139 Å². The highest BCUT2D eigenvalue weighted by molar-refractivity contribution is 9.10. The zero-order chi connectivity index (χ0) is 71.7. The summed E-state index contributed by atoms with van der Waals surface area (Å²) in [5.74, 6) is -0.553.